The molecule has 0 heterocycles. The number of rotatable bonds is 3. The van der Waals surface area contributed by atoms with E-state index >= 15 is 0 Å². The molecule has 18 heavy (non-hydrogen) atoms. The van der Waals surface area contributed by atoms with Crippen LogP contribution >= 0.6 is 0 Å². The minimum absolute atomic E-state index is 0.355. The maximum Gasteiger partial charge on any atom is 0.0649 e. The summed E-state index contributed by atoms with van der Waals surface area (Å²) in [5, 5.41) is 0. The topological polar surface area (TPSA) is 12.4 Å². The average molecular weight is 243 g/mol. The lowest BCUT2D eigenvalue weighted by Gasteiger charge is -2.24. The molecule has 0 unspecified atom stereocenters. The molecule has 0 aliphatic heterocycles. The smallest absolute Gasteiger partial charge is 0.0649 e. The van der Waals surface area contributed by atoms with Crippen molar-refractivity contribution in [1.29, 1.82) is 0 Å². The van der Waals surface area contributed by atoms with E-state index in [2.05, 4.69) is 58.9 Å². The lowest BCUT2D eigenvalue weighted by Crippen LogP contribution is -2.16. The van der Waals surface area contributed by atoms with Crippen LogP contribution in [0.4, 0.5) is 0 Å². The van der Waals surface area contributed by atoms with E-state index in [1.807, 2.05) is 0 Å². The van der Waals surface area contributed by atoms with Crippen LogP contribution in [0, 0.1) is 11.3 Å². The largest absolute Gasteiger partial charge is 0.282 e. The lowest BCUT2D eigenvalue weighted by molar-refractivity contribution is 0.421. The minimum atomic E-state index is 0.355. The Bertz CT molecular complexity index is 440. The van der Waals surface area contributed by atoms with E-state index in [1.54, 1.807) is 0 Å². The maximum atomic E-state index is 4.76. The van der Waals surface area contributed by atoms with Crippen molar-refractivity contribution in [3.8, 4) is 0 Å². The summed E-state index contributed by atoms with van der Waals surface area (Å²) in [4.78, 5) is 4.76. The van der Waals surface area contributed by atoms with Gasteiger partial charge in [-0.3, -0.25) is 4.99 Å². The predicted molar refractivity (Wildman–Crippen MR) is 80.1 cm³/mol. The van der Waals surface area contributed by atoms with Crippen molar-refractivity contribution in [1.82, 2.24) is 0 Å². The molecule has 0 spiro atoms. The van der Waals surface area contributed by atoms with E-state index in [4.69, 9.17) is 4.99 Å². The number of nitrogens with zero attached hydrogens (tertiary/aromatic N) is 1. The number of aliphatic imine (C=N–C) groups is 1. The predicted octanol–water partition coefficient (Wildman–Crippen LogP) is 4.71. The Labute approximate surface area is 111 Å². The fraction of sp³-hybridized carbons (Fsp3) is 0.588. The maximum absolute atomic E-state index is 4.76. The first-order chi connectivity index (χ1) is 8.47. The molecule has 98 valence electrons. The molecule has 1 heteroatoms. The highest BCUT2D eigenvalue weighted by molar-refractivity contribution is 6.12. The number of allylic oxidation sites excluding steroid dienone is 6. The van der Waals surface area contributed by atoms with Gasteiger partial charge in [0.25, 0.3) is 0 Å². The molecule has 0 saturated heterocycles. The molecule has 0 N–H and O–H groups in total. The molecule has 2 aliphatic rings. The molecule has 1 fully saturated rings. The van der Waals surface area contributed by atoms with E-state index in [9.17, 15) is 0 Å². The van der Waals surface area contributed by atoms with Crippen LogP contribution in [-0.4, -0.2) is 11.8 Å². The van der Waals surface area contributed by atoms with E-state index < -0.39 is 0 Å². The summed E-state index contributed by atoms with van der Waals surface area (Å²) in [7, 11) is 0. The first-order valence-electron chi connectivity index (χ1n) is 7.11. The number of hydrogen-bond acceptors (Lipinski definition) is 1. The van der Waals surface area contributed by atoms with Gasteiger partial charge in [-0.15, -0.1) is 0 Å². The molecule has 2 aliphatic carbocycles. The van der Waals surface area contributed by atoms with Crippen LogP contribution in [0.25, 0.3) is 0 Å². The monoisotopic (exact) mass is 243 g/mol. The van der Waals surface area contributed by atoms with Crippen LogP contribution < -0.4 is 0 Å². The van der Waals surface area contributed by atoms with Gasteiger partial charge in [-0.05, 0) is 56.6 Å². The van der Waals surface area contributed by atoms with E-state index in [-0.39, 0.29) is 0 Å². The molecule has 2 rings (SSSR count). The van der Waals surface area contributed by atoms with Crippen molar-refractivity contribution in [2.24, 2.45) is 16.3 Å². The zero-order valence-electron chi connectivity index (χ0n) is 12.3. The highest BCUT2D eigenvalue weighted by atomic mass is 14.8. The van der Waals surface area contributed by atoms with Crippen molar-refractivity contribution >= 4 is 5.71 Å². The van der Waals surface area contributed by atoms with E-state index in [1.165, 1.54) is 24.0 Å². The van der Waals surface area contributed by atoms with Crippen molar-refractivity contribution in [2.45, 2.75) is 53.5 Å². The third-order valence-corrected chi connectivity index (χ3v) is 4.35. The average Bonchev–Trinajstić information content (AvgIpc) is 3.09. The normalized spacial score (nSPS) is 26.3. The molecular weight excluding hydrogens is 218 g/mol. The highest BCUT2D eigenvalue weighted by Crippen LogP contribution is 2.58. The molecule has 1 saturated carbocycles. The molecule has 0 aromatic heterocycles. The second kappa shape index (κ2) is 4.87. The summed E-state index contributed by atoms with van der Waals surface area (Å²) in [5.41, 5.74) is 4.51. The van der Waals surface area contributed by atoms with E-state index in [0.717, 1.165) is 11.6 Å². The van der Waals surface area contributed by atoms with Crippen LogP contribution in [0.1, 0.15) is 47.5 Å². The van der Waals surface area contributed by atoms with Gasteiger partial charge < -0.3 is 0 Å². The van der Waals surface area contributed by atoms with Crippen LogP contribution in [0.2, 0.25) is 0 Å². The number of hydrogen-bond donors (Lipinski definition) is 0. The van der Waals surface area contributed by atoms with Gasteiger partial charge in [-0.2, -0.15) is 0 Å². The van der Waals surface area contributed by atoms with Gasteiger partial charge in [0.2, 0.25) is 0 Å². The van der Waals surface area contributed by atoms with Gasteiger partial charge in [0, 0.05) is 6.04 Å². The molecule has 1 nitrogen and oxygen atoms in total. The van der Waals surface area contributed by atoms with Gasteiger partial charge in [0.15, 0.2) is 0 Å². The summed E-state index contributed by atoms with van der Waals surface area (Å²) < 4.78 is 0. The Hall–Kier alpha value is -1.11. The lowest BCUT2D eigenvalue weighted by atomic mass is 9.81. The standard InChI is InChI=1S/C17H25N/c1-12(2)17(10-11-17)14(5)15-8-6-7-9-16(15)18-13(3)4/h6-9,12-13H,10-11H2,1-5H3/b15-14+,18-16?. The second-order valence-electron chi connectivity index (χ2n) is 6.18. The zero-order chi connectivity index (χ0) is 13.3. The van der Waals surface area contributed by atoms with Crippen LogP contribution in [0.3, 0.4) is 0 Å². The summed E-state index contributed by atoms with van der Waals surface area (Å²) >= 11 is 0. The Kier molecular flexibility index (Phi) is 3.61. The SMILES string of the molecule is C/C(=C1/C=CC=CC1=NC(C)C)C1(C(C)C)CC1. The zero-order valence-corrected chi connectivity index (χ0v) is 12.3. The first kappa shape index (κ1) is 13.3. The van der Waals surface area contributed by atoms with Crippen molar-refractivity contribution in [2.75, 3.05) is 0 Å². The van der Waals surface area contributed by atoms with Gasteiger partial charge in [-0.25, -0.2) is 0 Å². The Balaban J connectivity index is 2.41. The van der Waals surface area contributed by atoms with Crippen LogP contribution in [-0.2, 0) is 0 Å². The fourth-order valence-electron chi connectivity index (χ4n) is 2.97. The van der Waals surface area contributed by atoms with E-state index in [0.29, 0.717) is 11.5 Å². The van der Waals surface area contributed by atoms with Crippen molar-refractivity contribution in [3.05, 3.63) is 35.5 Å². The van der Waals surface area contributed by atoms with Gasteiger partial charge >= 0.3 is 0 Å². The third kappa shape index (κ3) is 2.36. The van der Waals surface area contributed by atoms with Crippen LogP contribution in [0.15, 0.2) is 40.4 Å². The molecule has 0 atom stereocenters. The molecule has 0 aromatic rings. The molecule has 0 bridgehead atoms. The Morgan fingerprint density at radius 1 is 1.11 bits per heavy atom. The highest BCUT2D eigenvalue weighted by Gasteiger charge is 2.47. The summed E-state index contributed by atoms with van der Waals surface area (Å²) in [6, 6.07) is 0.355. The first-order valence-corrected chi connectivity index (χ1v) is 7.11. The fourth-order valence-corrected chi connectivity index (χ4v) is 2.97. The summed E-state index contributed by atoms with van der Waals surface area (Å²) in [6.45, 7) is 11.3. The molecular formula is C17H25N. The van der Waals surface area contributed by atoms with Crippen molar-refractivity contribution < 1.29 is 0 Å². The molecule has 0 amide bonds. The molecule has 0 aromatic carbocycles. The van der Waals surface area contributed by atoms with Crippen molar-refractivity contribution in [3.63, 3.8) is 0 Å². The minimum Gasteiger partial charge on any atom is -0.282 e. The van der Waals surface area contributed by atoms with Gasteiger partial charge in [-0.1, -0.05) is 37.6 Å². The van der Waals surface area contributed by atoms with Gasteiger partial charge in [0.1, 0.15) is 0 Å². The van der Waals surface area contributed by atoms with Gasteiger partial charge in [0.05, 0.1) is 5.71 Å². The summed E-state index contributed by atoms with van der Waals surface area (Å²) in [5.74, 6) is 0.726. The summed E-state index contributed by atoms with van der Waals surface area (Å²) in [6.07, 6.45) is 11.3. The Morgan fingerprint density at radius 3 is 2.22 bits per heavy atom. The molecule has 0 radical (unpaired) electrons. The Morgan fingerprint density at radius 2 is 1.72 bits per heavy atom. The van der Waals surface area contributed by atoms with Crippen LogP contribution in [0.5, 0.6) is 0 Å². The quantitative estimate of drug-likeness (QED) is 0.680. The second-order valence-corrected chi connectivity index (χ2v) is 6.18. The third-order valence-electron chi connectivity index (χ3n) is 4.35.